The number of aromatic nitrogens is 4. The molecule has 1 aliphatic rings. The van der Waals surface area contributed by atoms with Crippen LogP contribution < -0.4 is 5.32 Å². The van der Waals surface area contributed by atoms with E-state index >= 15 is 0 Å². The average molecular weight is 489 g/mol. The SMILES string of the molecule is Cc1ccc(-c2nnn(CC(=O)N(Cc3ccco3)[C@H](C(=O)NC3CCCC3)c3ccco3)n2)cc1. The van der Waals surface area contributed by atoms with Crippen molar-refractivity contribution in [3.05, 3.63) is 78.1 Å². The number of hydrogen-bond donors (Lipinski definition) is 1. The first kappa shape index (κ1) is 23.5. The number of hydrogen-bond acceptors (Lipinski definition) is 7. The average Bonchev–Trinajstić information content (AvgIpc) is 3.68. The molecule has 1 aliphatic carbocycles. The van der Waals surface area contributed by atoms with Gasteiger partial charge in [0.1, 0.15) is 18.1 Å². The van der Waals surface area contributed by atoms with Crippen LogP contribution in [0.15, 0.2) is 69.9 Å². The number of nitrogens with one attached hydrogen (secondary N) is 1. The molecule has 1 saturated carbocycles. The summed E-state index contributed by atoms with van der Waals surface area (Å²) in [5, 5.41) is 15.6. The van der Waals surface area contributed by atoms with E-state index in [1.165, 1.54) is 22.2 Å². The zero-order valence-electron chi connectivity index (χ0n) is 20.0. The number of furan rings is 2. The van der Waals surface area contributed by atoms with E-state index in [1.807, 2.05) is 31.2 Å². The van der Waals surface area contributed by atoms with Crippen molar-refractivity contribution in [1.29, 1.82) is 0 Å². The molecule has 0 radical (unpaired) electrons. The first-order chi connectivity index (χ1) is 17.6. The molecule has 2 amide bonds. The number of aryl methyl sites for hydroxylation is 1. The number of rotatable bonds is 9. The molecule has 0 saturated heterocycles. The maximum Gasteiger partial charge on any atom is 0.250 e. The summed E-state index contributed by atoms with van der Waals surface area (Å²) in [6, 6.07) is 13.8. The van der Waals surface area contributed by atoms with Gasteiger partial charge in [0.2, 0.25) is 11.7 Å². The van der Waals surface area contributed by atoms with E-state index < -0.39 is 6.04 Å². The topological polar surface area (TPSA) is 119 Å². The van der Waals surface area contributed by atoms with Crippen molar-refractivity contribution in [2.45, 2.75) is 57.8 Å². The molecule has 1 N–H and O–H groups in total. The van der Waals surface area contributed by atoms with Crippen molar-refractivity contribution < 1.29 is 18.4 Å². The maximum absolute atomic E-state index is 13.6. The van der Waals surface area contributed by atoms with E-state index in [9.17, 15) is 9.59 Å². The monoisotopic (exact) mass is 488 g/mol. The number of benzene rings is 1. The normalized spacial score (nSPS) is 14.6. The molecule has 1 fully saturated rings. The van der Waals surface area contributed by atoms with Gasteiger partial charge < -0.3 is 19.1 Å². The smallest absolute Gasteiger partial charge is 0.250 e. The minimum absolute atomic E-state index is 0.0782. The highest BCUT2D eigenvalue weighted by atomic mass is 16.3. The second-order valence-electron chi connectivity index (χ2n) is 9.02. The lowest BCUT2D eigenvalue weighted by Gasteiger charge is -2.30. The first-order valence-electron chi connectivity index (χ1n) is 12.1. The van der Waals surface area contributed by atoms with E-state index in [0.29, 0.717) is 17.3 Å². The van der Waals surface area contributed by atoms with Crippen LogP contribution in [-0.4, -0.2) is 43.0 Å². The molecule has 3 heterocycles. The number of nitrogens with zero attached hydrogens (tertiary/aromatic N) is 5. The minimum Gasteiger partial charge on any atom is -0.467 e. The quantitative estimate of drug-likeness (QED) is 0.382. The van der Waals surface area contributed by atoms with Crippen LogP contribution in [0, 0.1) is 6.92 Å². The van der Waals surface area contributed by atoms with Gasteiger partial charge in [-0.05, 0) is 49.2 Å². The number of tetrazole rings is 1. The zero-order chi connectivity index (χ0) is 24.9. The molecule has 0 aliphatic heterocycles. The zero-order valence-corrected chi connectivity index (χ0v) is 20.0. The summed E-state index contributed by atoms with van der Waals surface area (Å²) in [6.07, 6.45) is 7.03. The van der Waals surface area contributed by atoms with Crippen LogP contribution >= 0.6 is 0 Å². The van der Waals surface area contributed by atoms with Crippen molar-refractivity contribution in [2.24, 2.45) is 0 Å². The summed E-state index contributed by atoms with van der Waals surface area (Å²) in [4.78, 5) is 29.8. The lowest BCUT2D eigenvalue weighted by Crippen LogP contribution is -2.46. The lowest BCUT2D eigenvalue weighted by atomic mass is 10.1. The third-order valence-electron chi connectivity index (χ3n) is 6.34. The van der Waals surface area contributed by atoms with E-state index in [-0.39, 0.29) is 30.9 Å². The molecule has 3 aromatic heterocycles. The maximum atomic E-state index is 13.6. The molecule has 10 nitrogen and oxygen atoms in total. The Morgan fingerprint density at radius 1 is 1.08 bits per heavy atom. The highest BCUT2D eigenvalue weighted by Gasteiger charge is 2.36. The second kappa shape index (κ2) is 10.6. The number of carbonyl (C=O) groups excluding carboxylic acids is 2. The molecule has 0 unspecified atom stereocenters. The van der Waals surface area contributed by atoms with Gasteiger partial charge in [0.05, 0.1) is 19.1 Å². The third kappa shape index (κ3) is 5.37. The highest BCUT2D eigenvalue weighted by molar-refractivity contribution is 5.88. The van der Waals surface area contributed by atoms with Gasteiger partial charge in [0, 0.05) is 11.6 Å². The fourth-order valence-corrected chi connectivity index (χ4v) is 4.46. The summed E-state index contributed by atoms with van der Waals surface area (Å²) in [5.74, 6) is 0.672. The van der Waals surface area contributed by atoms with Gasteiger partial charge in [-0.1, -0.05) is 42.7 Å². The van der Waals surface area contributed by atoms with Gasteiger partial charge in [0.15, 0.2) is 6.04 Å². The van der Waals surface area contributed by atoms with Crippen molar-refractivity contribution >= 4 is 11.8 Å². The molecule has 10 heteroatoms. The molecule has 1 atom stereocenters. The van der Waals surface area contributed by atoms with Gasteiger partial charge in [-0.2, -0.15) is 4.80 Å². The molecule has 36 heavy (non-hydrogen) atoms. The predicted octanol–water partition coefficient (Wildman–Crippen LogP) is 3.66. The van der Waals surface area contributed by atoms with Gasteiger partial charge in [0.25, 0.3) is 5.91 Å². The predicted molar refractivity (Wildman–Crippen MR) is 129 cm³/mol. The van der Waals surface area contributed by atoms with Crippen LogP contribution in [0.25, 0.3) is 11.4 Å². The summed E-state index contributed by atoms with van der Waals surface area (Å²) in [7, 11) is 0. The van der Waals surface area contributed by atoms with E-state index in [2.05, 4.69) is 20.7 Å². The number of amides is 2. The Morgan fingerprint density at radius 2 is 1.83 bits per heavy atom. The van der Waals surface area contributed by atoms with Crippen LogP contribution in [-0.2, 0) is 22.7 Å². The minimum atomic E-state index is -0.974. The highest BCUT2D eigenvalue weighted by Crippen LogP contribution is 2.27. The Labute approximate surface area is 208 Å². The van der Waals surface area contributed by atoms with Crippen LogP contribution in [0.1, 0.15) is 48.8 Å². The van der Waals surface area contributed by atoms with Crippen LogP contribution in [0.3, 0.4) is 0 Å². The van der Waals surface area contributed by atoms with E-state index in [4.69, 9.17) is 8.83 Å². The van der Waals surface area contributed by atoms with Crippen LogP contribution in [0.4, 0.5) is 0 Å². The standard InChI is InChI=1S/C26H28N6O4/c1-18-10-12-19(13-11-18)25-28-30-32(29-25)17-23(33)31(16-21-8-4-14-35-21)24(22-9-5-15-36-22)26(34)27-20-6-2-3-7-20/h4-5,8-15,20,24H,2-3,6-7,16-17H2,1H3,(H,27,34)/t24-/m0/s1. The fourth-order valence-electron chi connectivity index (χ4n) is 4.46. The molecular weight excluding hydrogens is 460 g/mol. The Balaban J connectivity index is 1.41. The Kier molecular flexibility index (Phi) is 6.92. The fraction of sp³-hybridized carbons (Fsp3) is 0.346. The lowest BCUT2D eigenvalue weighted by molar-refractivity contribution is -0.143. The second-order valence-corrected chi connectivity index (χ2v) is 9.02. The van der Waals surface area contributed by atoms with Crippen molar-refractivity contribution in [2.75, 3.05) is 0 Å². The Bertz CT molecular complexity index is 1270. The molecule has 0 spiro atoms. The largest absolute Gasteiger partial charge is 0.467 e. The molecular formula is C26H28N6O4. The molecule has 5 rings (SSSR count). The van der Waals surface area contributed by atoms with E-state index in [0.717, 1.165) is 36.8 Å². The molecule has 4 aromatic rings. The van der Waals surface area contributed by atoms with Crippen LogP contribution in [0.2, 0.25) is 0 Å². The number of carbonyl (C=O) groups is 2. The third-order valence-corrected chi connectivity index (χ3v) is 6.34. The first-order valence-corrected chi connectivity index (χ1v) is 12.1. The summed E-state index contributed by atoms with van der Waals surface area (Å²) >= 11 is 0. The van der Waals surface area contributed by atoms with Gasteiger partial charge in [-0.15, -0.1) is 10.2 Å². The van der Waals surface area contributed by atoms with Crippen LogP contribution in [0.5, 0.6) is 0 Å². The summed E-state index contributed by atoms with van der Waals surface area (Å²) in [5.41, 5.74) is 1.92. The summed E-state index contributed by atoms with van der Waals surface area (Å²) in [6.45, 7) is 1.88. The summed E-state index contributed by atoms with van der Waals surface area (Å²) < 4.78 is 11.1. The van der Waals surface area contributed by atoms with E-state index in [1.54, 1.807) is 24.3 Å². The van der Waals surface area contributed by atoms with Gasteiger partial charge in [-0.25, -0.2) is 0 Å². The molecule has 186 valence electrons. The van der Waals surface area contributed by atoms with Crippen molar-refractivity contribution in [3.63, 3.8) is 0 Å². The molecule has 0 bridgehead atoms. The van der Waals surface area contributed by atoms with Gasteiger partial charge >= 0.3 is 0 Å². The Hall–Kier alpha value is -4.21. The van der Waals surface area contributed by atoms with Crippen molar-refractivity contribution in [3.8, 4) is 11.4 Å². The van der Waals surface area contributed by atoms with Gasteiger partial charge in [-0.3, -0.25) is 9.59 Å². The Morgan fingerprint density at radius 3 is 2.53 bits per heavy atom. The molecule has 1 aromatic carbocycles. The van der Waals surface area contributed by atoms with Crippen molar-refractivity contribution in [1.82, 2.24) is 30.4 Å².